The Bertz CT molecular complexity index is 685. The lowest BCUT2D eigenvalue weighted by molar-refractivity contribution is -0.147. The molecule has 0 aromatic heterocycles. The third kappa shape index (κ3) is 5.43. The van der Waals surface area contributed by atoms with Crippen molar-refractivity contribution >= 4 is 17.6 Å². The summed E-state index contributed by atoms with van der Waals surface area (Å²) >= 11 is 0. The summed E-state index contributed by atoms with van der Waals surface area (Å²) < 4.78 is 10.1. The molecule has 1 N–H and O–H groups in total. The van der Waals surface area contributed by atoms with Gasteiger partial charge in [-0.1, -0.05) is 43.3 Å². The van der Waals surface area contributed by atoms with Gasteiger partial charge in [-0.3, -0.25) is 9.59 Å². The van der Waals surface area contributed by atoms with Crippen molar-refractivity contribution in [3.63, 3.8) is 0 Å². The first-order valence-electron chi connectivity index (χ1n) is 7.73. The molecule has 0 heterocycles. The summed E-state index contributed by atoms with van der Waals surface area (Å²) in [5.74, 6) is -0.0993. The quantitative estimate of drug-likeness (QED) is 0.792. The molecule has 1 amide bonds. The van der Waals surface area contributed by atoms with Gasteiger partial charge in [0.2, 0.25) is 0 Å². The van der Waals surface area contributed by atoms with Gasteiger partial charge in [0.05, 0.1) is 13.5 Å². The van der Waals surface area contributed by atoms with E-state index in [4.69, 9.17) is 9.47 Å². The van der Waals surface area contributed by atoms with Gasteiger partial charge in [0.15, 0.2) is 6.61 Å². The standard InChI is InChI=1S/C19H21NO4/c1-14(15-7-4-3-5-8-15)11-19(22)24-13-18(21)20-16-9-6-10-17(12-16)23-2/h3-10,12,14H,11,13H2,1-2H3,(H,20,21)/t14-/m0/s1. The van der Waals surface area contributed by atoms with Gasteiger partial charge in [0, 0.05) is 11.8 Å². The Morgan fingerprint density at radius 2 is 1.83 bits per heavy atom. The van der Waals surface area contributed by atoms with Gasteiger partial charge in [-0.05, 0) is 23.6 Å². The lowest BCUT2D eigenvalue weighted by Crippen LogP contribution is -2.21. The van der Waals surface area contributed by atoms with E-state index < -0.39 is 5.97 Å². The Kier molecular flexibility index (Phi) is 6.37. The molecule has 0 saturated heterocycles. The highest BCUT2D eigenvalue weighted by atomic mass is 16.5. The van der Waals surface area contributed by atoms with Crippen LogP contribution in [0.4, 0.5) is 5.69 Å². The first-order valence-corrected chi connectivity index (χ1v) is 7.73. The normalized spacial score (nSPS) is 11.4. The van der Waals surface area contributed by atoms with E-state index >= 15 is 0 Å². The first kappa shape index (κ1) is 17.5. The summed E-state index contributed by atoms with van der Waals surface area (Å²) in [6.07, 6.45) is 0.233. The fraction of sp³-hybridized carbons (Fsp3) is 0.263. The molecule has 0 saturated carbocycles. The molecule has 0 aliphatic rings. The zero-order valence-electron chi connectivity index (χ0n) is 13.8. The lowest BCUT2D eigenvalue weighted by atomic mass is 9.98. The zero-order chi connectivity index (χ0) is 17.4. The molecule has 0 aliphatic heterocycles. The van der Waals surface area contributed by atoms with Crippen LogP contribution in [-0.2, 0) is 14.3 Å². The minimum Gasteiger partial charge on any atom is -0.497 e. The molecule has 24 heavy (non-hydrogen) atoms. The van der Waals surface area contributed by atoms with Gasteiger partial charge in [-0.25, -0.2) is 0 Å². The van der Waals surface area contributed by atoms with E-state index in [-0.39, 0.29) is 24.9 Å². The second-order valence-corrected chi connectivity index (χ2v) is 5.46. The number of benzene rings is 2. The van der Waals surface area contributed by atoms with Crippen LogP contribution in [0.5, 0.6) is 5.75 Å². The van der Waals surface area contributed by atoms with E-state index in [2.05, 4.69) is 5.32 Å². The highest BCUT2D eigenvalue weighted by molar-refractivity contribution is 5.93. The number of nitrogens with one attached hydrogen (secondary N) is 1. The Labute approximate surface area is 141 Å². The number of amides is 1. The average Bonchev–Trinajstić information content (AvgIpc) is 2.61. The summed E-state index contributed by atoms with van der Waals surface area (Å²) in [4.78, 5) is 23.7. The largest absolute Gasteiger partial charge is 0.497 e. The maximum absolute atomic E-state index is 11.9. The fourth-order valence-corrected chi connectivity index (χ4v) is 2.25. The van der Waals surface area contributed by atoms with Gasteiger partial charge >= 0.3 is 5.97 Å². The van der Waals surface area contributed by atoms with Crippen LogP contribution >= 0.6 is 0 Å². The Morgan fingerprint density at radius 3 is 2.54 bits per heavy atom. The van der Waals surface area contributed by atoms with Crippen molar-refractivity contribution in [3.05, 3.63) is 60.2 Å². The number of esters is 1. The van der Waals surface area contributed by atoms with Crippen molar-refractivity contribution in [1.29, 1.82) is 0 Å². The summed E-state index contributed by atoms with van der Waals surface area (Å²) in [6, 6.07) is 16.7. The van der Waals surface area contributed by atoms with Gasteiger partial charge in [-0.2, -0.15) is 0 Å². The average molecular weight is 327 g/mol. The van der Waals surface area contributed by atoms with Crippen molar-refractivity contribution in [2.45, 2.75) is 19.3 Å². The number of anilines is 1. The molecule has 0 spiro atoms. The number of carbonyl (C=O) groups excluding carboxylic acids is 2. The van der Waals surface area contributed by atoms with Crippen molar-refractivity contribution < 1.29 is 19.1 Å². The van der Waals surface area contributed by atoms with E-state index in [1.165, 1.54) is 0 Å². The maximum Gasteiger partial charge on any atom is 0.306 e. The van der Waals surface area contributed by atoms with E-state index in [0.29, 0.717) is 11.4 Å². The first-order chi connectivity index (χ1) is 11.6. The summed E-state index contributed by atoms with van der Waals surface area (Å²) in [6.45, 7) is 1.64. The van der Waals surface area contributed by atoms with Crippen LogP contribution in [0.1, 0.15) is 24.8 Å². The second-order valence-electron chi connectivity index (χ2n) is 5.46. The van der Waals surface area contributed by atoms with E-state index in [9.17, 15) is 9.59 Å². The number of methoxy groups -OCH3 is 1. The Balaban J connectivity index is 1.77. The molecule has 2 aromatic carbocycles. The molecule has 126 valence electrons. The smallest absolute Gasteiger partial charge is 0.306 e. The molecule has 2 rings (SSSR count). The van der Waals surface area contributed by atoms with Gasteiger partial charge in [-0.15, -0.1) is 0 Å². The molecule has 0 bridgehead atoms. The third-order valence-corrected chi connectivity index (χ3v) is 3.56. The molecular weight excluding hydrogens is 306 g/mol. The predicted octanol–water partition coefficient (Wildman–Crippen LogP) is 3.37. The van der Waals surface area contributed by atoms with E-state index in [1.54, 1.807) is 31.4 Å². The number of carbonyl (C=O) groups is 2. The molecule has 0 unspecified atom stereocenters. The van der Waals surface area contributed by atoms with Gasteiger partial charge in [0.1, 0.15) is 5.75 Å². The number of hydrogen-bond donors (Lipinski definition) is 1. The predicted molar refractivity (Wildman–Crippen MR) is 92.1 cm³/mol. The van der Waals surface area contributed by atoms with Crippen LogP contribution in [-0.4, -0.2) is 25.6 Å². The van der Waals surface area contributed by atoms with Crippen LogP contribution in [0.15, 0.2) is 54.6 Å². The maximum atomic E-state index is 11.9. The molecule has 0 aliphatic carbocycles. The van der Waals surface area contributed by atoms with Crippen molar-refractivity contribution in [3.8, 4) is 5.75 Å². The zero-order valence-corrected chi connectivity index (χ0v) is 13.8. The monoisotopic (exact) mass is 327 g/mol. The van der Waals surface area contributed by atoms with Crippen molar-refractivity contribution in [1.82, 2.24) is 0 Å². The number of ether oxygens (including phenoxy) is 2. The molecule has 2 aromatic rings. The van der Waals surface area contributed by atoms with Gasteiger partial charge < -0.3 is 14.8 Å². The molecule has 5 nitrogen and oxygen atoms in total. The van der Waals surface area contributed by atoms with Crippen molar-refractivity contribution in [2.24, 2.45) is 0 Å². The van der Waals surface area contributed by atoms with Gasteiger partial charge in [0.25, 0.3) is 5.91 Å². The molecule has 5 heteroatoms. The van der Waals surface area contributed by atoms with Crippen molar-refractivity contribution in [2.75, 3.05) is 19.0 Å². The number of rotatable bonds is 7. The molecular formula is C19H21NO4. The molecule has 0 fully saturated rings. The Morgan fingerprint density at radius 1 is 1.08 bits per heavy atom. The SMILES string of the molecule is COc1cccc(NC(=O)COC(=O)C[C@H](C)c2ccccc2)c1. The lowest BCUT2D eigenvalue weighted by Gasteiger charge is -2.11. The van der Waals surface area contributed by atoms with Crippen LogP contribution in [0.25, 0.3) is 0 Å². The number of hydrogen-bond acceptors (Lipinski definition) is 4. The van der Waals surface area contributed by atoms with Crippen LogP contribution in [0.2, 0.25) is 0 Å². The van der Waals surface area contributed by atoms with Crippen LogP contribution in [0, 0.1) is 0 Å². The molecule has 1 atom stereocenters. The highest BCUT2D eigenvalue weighted by Gasteiger charge is 2.13. The third-order valence-electron chi connectivity index (χ3n) is 3.56. The minimum atomic E-state index is -0.396. The topological polar surface area (TPSA) is 64.6 Å². The summed E-state index contributed by atoms with van der Waals surface area (Å²) in [7, 11) is 1.55. The minimum absolute atomic E-state index is 0.0418. The van der Waals surface area contributed by atoms with E-state index in [0.717, 1.165) is 5.56 Å². The van der Waals surface area contributed by atoms with Crippen LogP contribution < -0.4 is 10.1 Å². The summed E-state index contributed by atoms with van der Waals surface area (Å²) in [5, 5.41) is 2.66. The molecule has 0 radical (unpaired) electrons. The Hall–Kier alpha value is -2.82. The second kappa shape index (κ2) is 8.72. The fourth-order valence-electron chi connectivity index (χ4n) is 2.25. The van der Waals surface area contributed by atoms with E-state index in [1.807, 2.05) is 37.3 Å². The summed E-state index contributed by atoms with van der Waals surface area (Å²) in [5.41, 5.74) is 1.66. The highest BCUT2D eigenvalue weighted by Crippen LogP contribution is 2.19. The van der Waals surface area contributed by atoms with Crippen LogP contribution in [0.3, 0.4) is 0 Å².